The molecule has 148 valence electrons. The van der Waals surface area contributed by atoms with E-state index in [1.807, 2.05) is 5.32 Å². The van der Waals surface area contributed by atoms with Crippen molar-refractivity contribution in [2.24, 2.45) is 0 Å². The number of benzene rings is 2. The van der Waals surface area contributed by atoms with E-state index >= 15 is 0 Å². The molecule has 0 aliphatic rings. The smallest absolute Gasteiger partial charge is 0.418 e. The Kier molecular flexibility index (Phi) is 5.87. The first-order valence-electron chi connectivity index (χ1n) is 7.65. The van der Waals surface area contributed by atoms with E-state index in [0.717, 1.165) is 25.1 Å². The largest absolute Gasteiger partial charge is 0.508 e. The van der Waals surface area contributed by atoms with E-state index in [1.54, 1.807) is 0 Å². The van der Waals surface area contributed by atoms with Crippen LogP contribution >= 0.6 is 0 Å². The standard InChI is InChI=1S/C17H13F3N2O6/c1-9(28-16(25)10-3-2-4-12(23)7-10)15(24)21-14-6-5-11(22(26)27)8-13(14)17(18,19)20/h2-9,23H,1H3,(H,21,24)/t9-/m1/s1. The van der Waals surface area contributed by atoms with Gasteiger partial charge in [-0.2, -0.15) is 13.2 Å². The molecule has 2 aromatic carbocycles. The molecule has 0 saturated heterocycles. The van der Waals surface area contributed by atoms with Crippen molar-refractivity contribution in [2.75, 3.05) is 5.32 Å². The Morgan fingerprint density at radius 2 is 1.89 bits per heavy atom. The summed E-state index contributed by atoms with van der Waals surface area (Å²) in [6.45, 7) is 1.13. The molecule has 0 heterocycles. The fourth-order valence-corrected chi connectivity index (χ4v) is 2.14. The molecular formula is C17H13F3N2O6. The zero-order chi connectivity index (χ0) is 21.1. The molecule has 0 aliphatic carbocycles. The number of carbonyl (C=O) groups is 2. The fourth-order valence-electron chi connectivity index (χ4n) is 2.14. The molecule has 0 bridgehead atoms. The number of rotatable bonds is 5. The summed E-state index contributed by atoms with van der Waals surface area (Å²) in [6, 6.07) is 6.90. The number of nitrogens with zero attached hydrogens (tertiary/aromatic N) is 1. The van der Waals surface area contributed by atoms with Gasteiger partial charge < -0.3 is 15.2 Å². The van der Waals surface area contributed by atoms with Crippen molar-refractivity contribution in [3.8, 4) is 5.75 Å². The van der Waals surface area contributed by atoms with Crippen LogP contribution in [0.4, 0.5) is 24.5 Å². The summed E-state index contributed by atoms with van der Waals surface area (Å²) in [5.74, 6) is -2.27. The molecule has 2 rings (SSSR count). The summed E-state index contributed by atoms with van der Waals surface area (Å²) in [5.41, 5.74) is -3.00. The topological polar surface area (TPSA) is 119 Å². The van der Waals surface area contributed by atoms with Gasteiger partial charge in [0.2, 0.25) is 0 Å². The Morgan fingerprint density at radius 3 is 2.46 bits per heavy atom. The highest BCUT2D eigenvalue weighted by atomic mass is 19.4. The Bertz CT molecular complexity index is 929. The number of anilines is 1. The molecule has 0 aliphatic heterocycles. The number of nitrogens with one attached hydrogen (secondary N) is 1. The van der Waals surface area contributed by atoms with Gasteiger partial charge in [0.15, 0.2) is 6.10 Å². The second-order valence-corrected chi connectivity index (χ2v) is 5.57. The van der Waals surface area contributed by atoms with Crippen molar-refractivity contribution < 1.29 is 37.5 Å². The van der Waals surface area contributed by atoms with Gasteiger partial charge in [0.25, 0.3) is 11.6 Å². The lowest BCUT2D eigenvalue weighted by molar-refractivity contribution is -0.385. The number of esters is 1. The zero-order valence-electron chi connectivity index (χ0n) is 14.2. The maximum absolute atomic E-state index is 13.1. The predicted octanol–water partition coefficient (Wildman–Crippen LogP) is 3.50. The summed E-state index contributed by atoms with van der Waals surface area (Å²) < 4.78 is 44.3. The van der Waals surface area contributed by atoms with Crippen molar-refractivity contribution in [3.63, 3.8) is 0 Å². The minimum absolute atomic E-state index is 0.0639. The molecule has 11 heteroatoms. The van der Waals surface area contributed by atoms with Gasteiger partial charge in [0, 0.05) is 12.1 Å². The highest BCUT2D eigenvalue weighted by Crippen LogP contribution is 2.37. The van der Waals surface area contributed by atoms with Gasteiger partial charge in [0.1, 0.15) is 5.75 Å². The molecule has 0 fully saturated rings. The average Bonchev–Trinajstić information content (AvgIpc) is 2.60. The fraction of sp³-hybridized carbons (Fsp3) is 0.176. The number of amides is 1. The summed E-state index contributed by atoms with van der Waals surface area (Å²) in [5, 5.41) is 21.9. The molecule has 2 N–H and O–H groups in total. The van der Waals surface area contributed by atoms with Crippen LogP contribution in [0.1, 0.15) is 22.8 Å². The second kappa shape index (κ2) is 7.94. The van der Waals surface area contributed by atoms with Crippen LogP contribution in [-0.4, -0.2) is 28.0 Å². The van der Waals surface area contributed by atoms with E-state index in [0.29, 0.717) is 6.07 Å². The van der Waals surface area contributed by atoms with E-state index in [1.165, 1.54) is 18.2 Å². The highest BCUT2D eigenvalue weighted by Gasteiger charge is 2.36. The van der Waals surface area contributed by atoms with Gasteiger partial charge in [-0.1, -0.05) is 6.07 Å². The van der Waals surface area contributed by atoms with Crippen molar-refractivity contribution >= 4 is 23.3 Å². The molecule has 0 saturated carbocycles. The molecular weight excluding hydrogens is 385 g/mol. The number of phenolic OH excluding ortho intramolecular Hbond substituents is 1. The molecule has 8 nitrogen and oxygen atoms in total. The monoisotopic (exact) mass is 398 g/mol. The van der Waals surface area contributed by atoms with E-state index in [9.17, 15) is 38.0 Å². The van der Waals surface area contributed by atoms with Crippen LogP contribution in [0.5, 0.6) is 5.75 Å². The third-order valence-electron chi connectivity index (χ3n) is 3.51. The molecule has 0 spiro atoms. The highest BCUT2D eigenvalue weighted by molar-refractivity contribution is 5.98. The van der Waals surface area contributed by atoms with Gasteiger partial charge >= 0.3 is 12.1 Å². The van der Waals surface area contributed by atoms with Crippen LogP contribution in [0.3, 0.4) is 0 Å². The number of phenols is 1. The third-order valence-corrected chi connectivity index (χ3v) is 3.51. The number of hydrogen-bond donors (Lipinski definition) is 2. The Labute approximate surface area is 155 Å². The maximum Gasteiger partial charge on any atom is 0.418 e. The molecule has 1 amide bonds. The number of alkyl halides is 3. The number of carbonyl (C=O) groups excluding carboxylic acids is 2. The maximum atomic E-state index is 13.1. The number of non-ortho nitro benzene ring substituents is 1. The number of nitro groups is 1. The first-order valence-corrected chi connectivity index (χ1v) is 7.65. The number of nitro benzene ring substituents is 1. The lowest BCUT2D eigenvalue weighted by Gasteiger charge is -2.17. The normalized spacial score (nSPS) is 12.1. The van der Waals surface area contributed by atoms with Crippen LogP contribution in [0.15, 0.2) is 42.5 Å². The molecule has 28 heavy (non-hydrogen) atoms. The van der Waals surface area contributed by atoms with Crippen LogP contribution in [-0.2, 0) is 15.7 Å². The van der Waals surface area contributed by atoms with Crippen LogP contribution in [0.25, 0.3) is 0 Å². The van der Waals surface area contributed by atoms with Crippen LogP contribution in [0, 0.1) is 10.1 Å². The van der Waals surface area contributed by atoms with E-state index < -0.39 is 46.0 Å². The van der Waals surface area contributed by atoms with Crippen molar-refractivity contribution in [2.45, 2.75) is 19.2 Å². The van der Waals surface area contributed by atoms with Crippen LogP contribution < -0.4 is 5.32 Å². The number of hydrogen-bond acceptors (Lipinski definition) is 6. The molecule has 0 radical (unpaired) electrons. The second-order valence-electron chi connectivity index (χ2n) is 5.57. The van der Waals surface area contributed by atoms with Crippen LogP contribution in [0.2, 0.25) is 0 Å². The van der Waals surface area contributed by atoms with E-state index in [2.05, 4.69) is 0 Å². The molecule has 2 aromatic rings. The van der Waals surface area contributed by atoms with Gasteiger partial charge in [-0.15, -0.1) is 0 Å². The first kappa shape index (κ1) is 20.7. The predicted molar refractivity (Wildman–Crippen MR) is 89.7 cm³/mol. The summed E-state index contributed by atoms with van der Waals surface area (Å²) in [7, 11) is 0. The lowest BCUT2D eigenvalue weighted by atomic mass is 10.1. The SMILES string of the molecule is C[C@@H](OC(=O)c1cccc(O)c1)C(=O)Nc1ccc([N+](=O)[O-])cc1C(F)(F)F. The van der Waals surface area contributed by atoms with Gasteiger partial charge in [0.05, 0.1) is 21.7 Å². The van der Waals surface area contributed by atoms with Crippen molar-refractivity contribution in [1.82, 2.24) is 0 Å². The van der Waals surface area contributed by atoms with E-state index in [-0.39, 0.29) is 11.3 Å². The summed E-state index contributed by atoms with van der Waals surface area (Å²) >= 11 is 0. The van der Waals surface area contributed by atoms with Crippen molar-refractivity contribution in [1.29, 1.82) is 0 Å². The van der Waals surface area contributed by atoms with Crippen molar-refractivity contribution in [3.05, 3.63) is 63.7 Å². The Morgan fingerprint density at radius 1 is 1.21 bits per heavy atom. The van der Waals surface area contributed by atoms with Gasteiger partial charge in [-0.05, 0) is 31.2 Å². The quantitative estimate of drug-likeness (QED) is 0.452. The lowest BCUT2D eigenvalue weighted by Crippen LogP contribution is -2.30. The Hall–Kier alpha value is -3.63. The number of aromatic hydroxyl groups is 1. The average molecular weight is 398 g/mol. The summed E-state index contributed by atoms with van der Waals surface area (Å²) in [6.07, 6.45) is -6.44. The van der Waals surface area contributed by atoms with Gasteiger partial charge in [-0.3, -0.25) is 14.9 Å². The number of halogens is 3. The van der Waals surface area contributed by atoms with E-state index in [4.69, 9.17) is 4.74 Å². The first-order chi connectivity index (χ1) is 13.0. The zero-order valence-corrected chi connectivity index (χ0v) is 14.2. The number of ether oxygens (including phenoxy) is 1. The summed E-state index contributed by atoms with van der Waals surface area (Å²) in [4.78, 5) is 33.7. The van der Waals surface area contributed by atoms with Gasteiger partial charge in [-0.25, -0.2) is 4.79 Å². The molecule has 1 atom stereocenters. The third kappa shape index (κ3) is 4.96. The molecule has 0 unspecified atom stereocenters. The minimum atomic E-state index is -4.96. The Balaban J connectivity index is 2.17. The minimum Gasteiger partial charge on any atom is -0.508 e. The molecule has 0 aromatic heterocycles.